The fraction of sp³-hybridized carbons (Fsp3) is 0.438. The largest absolute Gasteiger partial charge is 0.383 e. The maximum Gasteiger partial charge on any atom is 0.0662 e. The third kappa shape index (κ3) is 4.66. The third-order valence-corrected chi connectivity index (χ3v) is 3.94. The second-order valence-corrected chi connectivity index (χ2v) is 5.84. The van der Waals surface area contributed by atoms with E-state index < -0.39 is 0 Å². The molecule has 0 aliphatic carbocycles. The van der Waals surface area contributed by atoms with E-state index in [9.17, 15) is 0 Å². The Morgan fingerprint density at radius 3 is 2.71 bits per heavy atom. The number of rotatable bonds is 8. The van der Waals surface area contributed by atoms with Crippen molar-refractivity contribution >= 4 is 15.9 Å². The summed E-state index contributed by atoms with van der Waals surface area (Å²) >= 11 is 3.46. The Kier molecular flexibility index (Phi) is 6.42. The van der Waals surface area contributed by atoms with Gasteiger partial charge in [-0.1, -0.05) is 35.0 Å². The molecule has 2 aromatic rings. The zero-order valence-electron chi connectivity index (χ0n) is 12.6. The maximum absolute atomic E-state index is 5.04. The normalized spacial score (nSPS) is 11.0. The van der Waals surface area contributed by atoms with Crippen LogP contribution in [0.4, 0.5) is 0 Å². The average molecular weight is 352 g/mol. The minimum Gasteiger partial charge on any atom is -0.383 e. The van der Waals surface area contributed by atoms with Crippen LogP contribution in [0.1, 0.15) is 23.7 Å². The molecule has 1 heterocycles. The van der Waals surface area contributed by atoms with Crippen LogP contribution in [0.3, 0.4) is 0 Å². The summed E-state index contributed by atoms with van der Waals surface area (Å²) in [5.74, 6) is 0. The van der Waals surface area contributed by atoms with Crippen LogP contribution in [-0.2, 0) is 24.2 Å². The molecule has 0 unspecified atom stereocenters. The number of hydrogen-bond donors (Lipinski definition) is 1. The lowest BCUT2D eigenvalue weighted by molar-refractivity contribution is 0.199. The van der Waals surface area contributed by atoms with Gasteiger partial charge >= 0.3 is 0 Å². The Balaban J connectivity index is 2.02. The SMILES string of the molecule is CCc1c(CNCCOC)cnn1Cc1ccc(Br)cc1. The van der Waals surface area contributed by atoms with E-state index in [0.29, 0.717) is 0 Å². The molecule has 2 rings (SSSR count). The Morgan fingerprint density at radius 1 is 1.29 bits per heavy atom. The van der Waals surface area contributed by atoms with E-state index in [1.54, 1.807) is 7.11 Å². The van der Waals surface area contributed by atoms with Crippen molar-refractivity contribution < 1.29 is 4.74 Å². The van der Waals surface area contributed by atoms with E-state index in [4.69, 9.17) is 4.74 Å². The number of methoxy groups -OCH3 is 1. The highest BCUT2D eigenvalue weighted by atomic mass is 79.9. The Bertz CT molecular complexity index is 551. The van der Waals surface area contributed by atoms with Crippen molar-refractivity contribution in [3.8, 4) is 0 Å². The molecule has 0 bridgehead atoms. The first-order chi connectivity index (χ1) is 10.2. The van der Waals surface area contributed by atoms with Gasteiger partial charge in [0, 0.05) is 35.9 Å². The van der Waals surface area contributed by atoms with Gasteiger partial charge in [0.2, 0.25) is 0 Å². The number of aromatic nitrogens is 2. The topological polar surface area (TPSA) is 39.1 Å². The van der Waals surface area contributed by atoms with Crippen molar-refractivity contribution in [3.05, 3.63) is 51.8 Å². The van der Waals surface area contributed by atoms with Crippen molar-refractivity contribution in [3.63, 3.8) is 0 Å². The Morgan fingerprint density at radius 2 is 2.05 bits per heavy atom. The predicted molar refractivity (Wildman–Crippen MR) is 88.4 cm³/mol. The first-order valence-electron chi connectivity index (χ1n) is 7.22. The quantitative estimate of drug-likeness (QED) is 0.743. The van der Waals surface area contributed by atoms with Crippen LogP contribution in [0, 0.1) is 0 Å². The van der Waals surface area contributed by atoms with Crippen LogP contribution in [0.5, 0.6) is 0 Å². The smallest absolute Gasteiger partial charge is 0.0662 e. The van der Waals surface area contributed by atoms with E-state index in [0.717, 1.165) is 37.1 Å². The molecule has 21 heavy (non-hydrogen) atoms. The van der Waals surface area contributed by atoms with Crippen molar-refractivity contribution in [2.45, 2.75) is 26.4 Å². The monoisotopic (exact) mass is 351 g/mol. The van der Waals surface area contributed by atoms with Crippen molar-refractivity contribution in [2.24, 2.45) is 0 Å². The summed E-state index contributed by atoms with van der Waals surface area (Å²) in [6.45, 7) is 5.42. The number of halogens is 1. The van der Waals surface area contributed by atoms with Gasteiger partial charge in [-0.05, 0) is 24.1 Å². The number of ether oxygens (including phenoxy) is 1. The van der Waals surface area contributed by atoms with Gasteiger partial charge in [0.25, 0.3) is 0 Å². The van der Waals surface area contributed by atoms with Crippen LogP contribution >= 0.6 is 15.9 Å². The molecule has 0 aliphatic rings. The third-order valence-electron chi connectivity index (χ3n) is 3.41. The highest BCUT2D eigenvalue weighted by Crippen LogP contribution is 2.14. The predicted octanol–water partition coefficient (Wildman–Crippen LogP) is 2.99. The highest BCUT2D eigenvalue weighted by molar-refractivity contribution is 9.10. The molecule has 1 aromatic carbocycles. The molecule has 0 fully saturated rings. The first kappa shape index (κ1) is 16.2. The van der Waals surface area contributed by atoms with Gasteiger partial charge < -0.3 is 10.1 Å². The van der Waals surface area contributed by atoms with Gasteiger partial charge in [-0.3, -0.25) is 4.68 Å². The second kappa shape index (κ2) is 8.32. The number of hydrogen-bond acceptors (Lipinski definition) is 3. The summed E-state index contributed by atoms with van der Waals surface area (Å²) in [4.78, 5) is 0. The van der Waals surface area contributed by atoms with E-state index in [-0.39, 0.29) is 0 Å². The molecule has 1 aromatic heterocycles. The average Bonchev–Trinajstić information content (AvgIpc) is 2.88. The molecular weight excluding hydrogens is 330 g/mol. The summed E-state index contributed by atoms with van der Waals surface area (Å²) in [6, 6.07) is 8.39. The van der Waals surface area contributed by atoms with E-state index in [1.807, 2.05) is 6.20 Å². The van der Waals surface area contributed by atoms with E-state index in [2.05, 4.69) is 62.2 Å². The van der Waals surface area contributed by atoms with Gasteiger partial charge in [-0.15, -0.1) is 0 Å². The molecule has 114 valence electrons. The number of benzene rings is 1. The van der Waals surface area contributed by atoms with Gasteiger partial charge in [0.15, 0.2) is 0 Å². The number of nitrogens with one attached hydrogen (secondary N) is 1. The summed E-state index contributed by atoms with van der Waals surface area (Å²) in [5.41, 5.74) is 3.82. The van der Waals surface area contributed by atoms with Crippen LogP contribution in [0.2, 0.25) is 0 Å². The zero-order valence-corrected chi connectivity index (χ0v) is 14.2. The van der Waals surface area contributed by atoms with Crippen LogP contribution in [-0.4, -0.2) is 30.0 Å². The minimum absolute atomic E-state index is 0.731. The van der Waals surface area contributed by atoms with Crippen molar-refractivity contribution in [1.29, 1.82) is 0 Å². The Labute approximate surface area is 134 Å². The van der Waals surface area contributed by atoms with Crippen molar-refractivity contribution in [1.82, 2.24) is 15.1 Å². The molecule has 0 atom stereocenters. The molecule has 5 heteroatoms. The minimum atomic E-state index is 0.731. The summed E-state index contributed by atoms with van der Waals surface area (Å²) in [7, 11) is 1.72. The fourth-order valence-corrected chi connectivity index (χ4v) is 2.57. The molecular formula is C16H22BrN3O. The summed E-state index contributed by atoms with van der Waals surface area (Å²) in [6.07, 6.45) is 2.95. The molecule has 0 aliphatic heterocycles. The maximum atomic E-state index is 5.04. The summed E-state index contributed by atoms with van der Waals surface area (Å²) in [5, 5.41) is 7.91. The standard InChI is InChI=1S/C16H22BrN3O/c1-3-16-14(10-18-8-9-21-2)11-19-20(16)12-13-4-6-15(17)7-5-13/h4-7,11,18H,3,8-10,12H2,1-2H3. The first-order valence-corrected chi connectivity index (χ1v) is 8.01. The van der Waals surface area contributed by atoms with Gasteiger partial charge in [0.05, 0.1) is 19.3 Å². The lowest BCUT2D eigenvalue weighted by Gasteiger charge is -2.09. The van der Waals surface area contributed by atoms with Crippen LogP contribution in [0.15, 0.2) is 34.9 Å². The molecule has 0 radical (unpaired) electrons. The van der Waals surface area contributed by atoms with Gasteiger partial charge in [-0.2, -0.15) is 5.10 Å². The summed E-state index contributed by atoms with van der Waals surface area (Å²) < 4.78 is 8.24. The molecule has 1 N–H and O–H groups in total. The Hall–Kier alpha value is -1.17. The van der Waals surface area contributed by atoms with E-state index >= 15 is 0 Å². The highest BCUT2D eigenvalue weighted by Gasteiger charge is 2.09. The van der Waals surface area contributed by atoms with Crippen molar-refractivity contribution in [2.75, 3.05) is 20.3 Å². The second-order valence-electron chi connectivity index (χ2n) is 4.92. The molecule has 0 saturated heterocycles. The molecule has 4 nitrogen and oxygen atoms in total. The lowest BCUT2D eigenvalue weighted by atomic mass is 10.2. The van der Waals surface area contributed by atoms with Crippen LogP contribution in [0.25, 0.3) is 0 Å². The number of nitrogens with zero attached hydrogens (tertiary/aromatic N) is 2. The molecule has 0 saturated carbocycles. The zero-order chi connectivity index (χ0) is 15.1. The fourth-order valence-electron chi connectivity index (χ4n) is 2.30. The van der Waals surface area contributed by atoms with E-state index in [1.165, 1.54) is 16.8 Å². The lowest BCUT2D eigenvalue weighted by Crippen LogP contribution is -2.19. The van der Waals surface area contributed by atoms with Gasteiger partial charge in [-0.25, -0.2) is 0 Å². The van der Waals surface area contributed by atoms with Crippen LogP contribution < -0.4 is 5.32 Å². The molecule has 0 amide bonds. The molecule has 0 spiro atoms. The van der Waals surface area contributed by atoms with Gasteiger partial charge in [0.1, 0.15) is 0 Å².